The van der Waals surface area contributed by atoms with Gasteiger partial charge >= 0.3 is 5.97 Å². The number of aromatic nitrogens is 2. The van der Waals surface area contributed by atoms with Crippen LogP contribution in [0.4, 0.5) is 0 Å². The second-order valence-electron chi connectivity index (χ2n) is 4.21. The fourth-order valence-corrected chi connectivity index (χ4v) is 2.24. The van der Waals surface area contributed by atoms with Crippen LogP contribution in [0.25, 0.3) is 0 Å². The Morgan fingerprint density at radius 1 is 1.69 bits per heavy atom. The molecule has 5 heteroatoms. The van der Waals surface area contributed by atoms with Gasteiger partial charge in [0.25, 0.3) is 0 Å². The zero-order chi connectivity index (χ0) is 12.0. The second kappa shape index (κ2) is 3.31. The highest BCUT2D eigenvalue weighted by Gasteiger charge is 2.73. The number of hydrogen-bond donors (Lipinski definition) is 0. The fourth-order valence-electron chi connectivity index (χ4n) is 2.24. The van der Waals surface area contributed by atoms with Crippen molar-refractivity contribution in [2.75, 3.05) is 7.11 Å². The lowest BCUT2D eigenvalue weighted by Crippen LogP contribution is -2.31. The number of hydrogen-bond acceptors (Lipinski definition) is 4. The molecular formula is C11H16N2O3. The summed E-state index contributed by atoms with van der Waals surface area (Å²) < 4.78 is 12.2. The molecule has 2 unspecified atom stereocenters. The van der Waals surface area contributed by atoms with E-state index in [9.17, 15) is 4.79 Å². The third-order valence-corrected chi connectivity index (χ3v) is 3.38. The molecule has 1 saturated heterocycles. The molecule has 5 nitrogen and oxygen atoms in total. The zero-order valence-electron chi connectivity index (χ0n) is 9.98. The lowest BCUT2D eigenvalue weighted by molar-refractivity contribution is -0.147. The van der Waals surface area contributed by atoms with Crippen molar-refractivity contribution in [3.8, 4) is 0 Å². The van der Waals surface area contributed by atoms with Crippen LogP contribution in [0.3, 0.4) is 0 Å². The number of rotatable bonds is 3. The molecule has 0 saturated carbocycles. The standard InChI is InChI=1S/C11H16N2O3/c1-5-11(9(14)15-4)10(2,16-11)8-6-12-13(3)7-8/h6-7H,5H2,1-4H3. The smallest absolute Gasteiger partial charge is 0.341 e. The summed E-state index contributed by atoms with van der Waals surface area (Å²) in [4.78, 5) is 11.7. The average Bonchev–Trinajstić information content (AvgIpc) is 2.66. The summed E-state index contributed by atoms with van der Waals surface area (Å²) >= 11 is 0. The molecule has 0 aliphatic carbocycles. The van der Waals surface area contributed by atoms with Gasteiger partial charge in [0.05, 0.1) is 13.3 Å². The molecule has 1 aromatic heterocycles. The lowest BCUT2D eigenvalue weighted by Gasteiger charge is -2.11. The quantitative estimate of drug-likeness (QED) is 0.567. The molecule has 2 heterocycles. The first-order chi connectivity index (χ1) is 7.50. The SMILES string of the molecule is CCC1(C(=O)OC)OC1(C)c1cnn(C)c1. The van der Waals surface area contributed by atoms with E-state index in [1.807, 2.05) is 27.1 Å². The van der Waals surface area contributed by atoms with Gasteiger partial charge in [-0.25, -0.2) is 4.79 Å². The summed E-state index contributed by atoms with van der Waals surface area (Å²) in [5.74, 6) is -0.318. The number of ether oxygens (including phenoxy) is 2. The molecule has 1 aromatic rings. The minimum Gasteiger partial charge on any atom is -0.467 e. The number of carbonyl (C=O) groups excluding carboxylic acids is 1. The van der Waals surface area contributed by atoms with Gasteiger partial charge in [-0.05, 0) is 13.3 Å². The normalized spacial score (nSPS) is 32.5. The van der Waals surface area contributed by atoms with Crippen LogP contribution in [-0.4, -0.2) is 28.5 Å². The van der Waals surface area contributed by atoms with Crippen LogP contribution in [0.15, 0.2) is 12.4 Å². The lowest BCUT2D eigenvalue weighted by atomic mass is 9.87. The van der Waals surface area contributed by atoms with Crippen molar-refractivity contribution in [3.63, 3.8) is 0 Å². The molecule has 0 aromatic carbocycles. The molecule has 16 heavy (non-hydrogen) atoms. The van der Waals surface area contributed by atoms with Crippen LogP contribution >= 0.6 is 0 Å². The van der Waals surface area contributed by atoms with Gasteiger partial charge in [0.15, 0.2) is 5.60 Å². The molecule has 0 radical (unpaired) electrons. The molecule has 0 amide bonds. The maximum absolute atomic E-state index is 11.7. The number of epoxide rings is 1. The minimum atomic E-state index is -0.842. The molecule has 88 valence electrons. The first-order valence-corrected chi connectivity index (χ1v) is 5.28. The van der Waals surface area contributed by atoms with Crippen molar-refractivity contribution in [2.24, 2.45) is 7.05 Å². The summed E-state index contributed by atoms with van der Waals surface area (Å²) in [7, 11) is 3.21. The van der Waals surface area contributed by atoms with Gasteiger partial charge in [0.2, 0.25) is 0 Å². The van der Waals surface area contributed by atoms with Crippen molar-refractivity contribution in [1.29, 1.82) is 0 Å². The monoisotopic (exact) mass is 224 g/mol. The van der Waals surface area contributed by atoms with Gasteiger partial charge in [-0.2, -0.15) is 5.10 Å². The molecule has 0 N–H and O–H groups in total. The number of carbonyl (C=O) groups is 1. The molecule has 2 atom stereocenters. The Bertz CT molecular complexity index is 429. The van der Waals surface area contributed by atoms with Crippen LogP contribution in [0, 0.1) is 0 Å². The summed E-state index contributed by atoms with van der Waals surface area (Å²) in [5.41, 5.74) is -0.546. The number of nitrogens with zero attached hydrogens (tertiary/aromatic N) is 2. The zero-order valence-corrected chi connectivity index (χ0v) is 9.98. The number of methoxy groups -OCH3 is 1. The van der Waals surface area contributed by atoms with Gasteiger partial charge in [-0.3, -0.25) is 4.68 Å². The van der Waals surface area contributed by atoms with Crippen molar-refractivity contribution >= 4 is 5.97 Å². The van der Waals surface area contributed by atoms with Gasteiger partial charge in [0, 0.05) is 18.8 Å². The summed E-state index contributed by atoms with van der Waals surface area (Å²) in [5, 5.41) is 4.09. The molecule has 2 rings (SSSR count). The maximum Gasteiger partial charge on any atom is 0.341 e. The Morgan fingerprint density at radius 2 is 2.38 bits per heavy atom. The maximum atomic E-state index is 11.7. The highest BCUT2D eigenvalue weighted by molar-refractivity contribution is 5.85. The first kappa shape index (κ1) is 11.1. The van der Waals surface area contributed by atoms with Gasteiger partial charge in [0.1, 0.15) is 5.60 Å². The van der Waals surface area contributed by atoms with E-state index in [4.69, 9.17) is 9.47 Å². The first-order valence-electron chi connectivity index (χ1n) is 5.28. The Kier molecular flexibility index (Phi) is 2.31. The molecular weight excluding hydrogens is 208 g/mol. The van der Waals surface area contributed by atoms with Crippen molar-refractivity contribution in [2.45, 2.75) is 31.5 Å². The van der Waals surface area contributed by atoms with E-state index in [2.05, 4.69) is 5.10 Å². The number of esters is 1. The van der Waals surface area contributed by atoms with E-state index in [1.165, 1.54) is 7.11 Å². The second-order valence-corrected chi connectivity index (χ2v) is 4.21. The Balaban J connectivity index is 2.33. The van der Waals surface area contributed by atoms with Crippen molar-refractivity contribution < 1.29 is 14.3 Å². The van der Waals surface area contributed by atoms with E-state index in [0.29, 0.717) is 6.42 Å². The van der Waals surface area contributed by atoms with E-state index in [-0.39, 0.29) is 5.97 Å². The average molecular weight is 224 g/mol. The Hall–Kier alpha value is -1.36. The highest BCUT2D eigenvalue weighted by Crippen LogP contribution is 2.57. The van der Waals surface area contributed by atoms with E-state index in [0.717, 1.165) is 5.56 Å². The van der Waals surface area contributed by atoms with E-state index >= 15 is 0 Å². The molecule has 0 spiro atoms. The van der Waals surface area contributed by atoms with E-state index < -0.39 is 11.2 Å². The summed E-state index contributed by atoms with van der Waals surface area (Å²) in [6.07, 6.45) is 4.17. The fraction of sp³-hybridized carbons (Fsp3) is 0.636. The molecule has 1 fully saturated rings. The third-order valence-electron chi connectivity index (χ3n) is 3.38. The van der Waals surface area contributed by atoms with Crippen molar-refractivity contribution in [3.05, 3.63) is 18.0 Å². The third kappa shape index (κ3) is 1.21. The molecule has 1 aliphatic heterocycles. The predicted octanol–water partition coefficient (Wildman–Crippen LogP) is 0.987. The minimum absolute atomic E-state index is 0.318. The van der Waals surface area contributed by atoms with Gasteiger partial charge in [-0.1, -0.05) is 6.92 Å². The topological polar surface area (TPSA) is 56.6 Å². The van der Waals surface area contributed by atoms with Gasteiger partial charge < -0.3 is 9.47 Å². The van der Waals surface area contributed by atoms with Gasteiger partial charge in [-0.15, -0.1) is 0 Å². The van der Waals surface area contributed by atoms with Crippen LogP contribution in [-0.2, 0) is 26.9 Å². The van der Waals surface area contributed by atoms with Crippen molar-refractivity contribution in [1.82, 2.24) is 9.78 Å². The number of aryl methyl sites for hydroxylation is 1. The van der Waals surface area contributed by atoms with Crippen LogP contribution in [0.2, 0.25) is 0 Å². The van der Waals surface area contributed by atoms with Crippen LogP contribution < -0.4 is 0 Å². The predicted molar refractivity (Wildman–Crippen MR) is 56.7 cm³/mol. The Morgan fingerprint density at radius 3 is 2.81 bits per heavy atom. The van der Waals surface area contributed by atoms with Crippen LogP contribution in [0.5, 0.6) is 0 Å². The van der Waals surface area contributed by atoms with E-state index in [1.54, 1.807) is 10.9 Å². The molecule has 0 bridgehead atoms. The Labute approximate surface area is 94.3 Å². The largest absolute Gasteiger partial charge is 0.467 e. The highest BCUT2D eigenvalue weighted by atomic mass is 16.7. The molecule has 1 aliphatic rings. The van der Waals surface area contributed by atoms with Crippen LogP contribution in [0.1, 0.15) is 25.8 Å². The summed E-state index contributed by atoms with van der Waals surface area (Å²) in [6, 6.07) is 0. The summed E-state index contributed by atoms with van der Waals surface area (Å²) in [6.45, 7) is 3.81.